The minimum absolute atomic E-state index is 0. The van der Waals surface area contributed by atoms with Crippen molar-refractivity contribution in [3.8, 4) is 0 Å². The van der Waals surface area contributed by atoms with Gasteiger partial charge in [0.05, 0.1) is 0 Å². The molecule has 0 bridgehead atoms. The molecule has 1 rings (SSSR count). The van der Waals surface area contributed by atoms with Crippen LogP contribution in [0.15, 0.2) is 0 Å². The molecule has 0 saturated heterocycles. The summed E-state index contributed by atoms with van der Waals surface area (Å²) in [5.74, 6) is 0. The third-order valence-corrected chi connectivity index (χ3v) is 3.88. The van der Waals surface area contributed by atoms with E-state index in [0.29, 0.717) is 0 Å². The van der Waals surface area contributed by atoms with Crippen LogP contribution < -0.4 is 11.9 Å². The molecule has 0 heterocycles. The molecule has 0 aromatic carbocycles. The van der Waals surface area contributed by atoms with Gasteiger partial charge in [-0.15, -0.1) is 0 Å². The third kappa shape index (κ3) is 6.49. The minimum Gasteiger partial charge on any atom is -0.344 e. The van der Waals surface area contributed by atoms with Gasteiger partial charge >= 0.3 is 0 Å². The fourth-order valence-corrected chi connectivity index (χ4v) is 2.76. The minimum atomic E-state index is 0. The first-order chi connectivity index (χ1) is 7.27. The van der Waals surface area contributed by atoms with Crippen LogP contribution in [-0.2, 0) is 0 Å². The molecule has 1 aliphatic rings. The zero-order chi connectivity index (χ0) is 11.0. The standard InChI is InChI=1S/C14H29N.H3N/c1-2-3-4-5-8-11-14(15)12-9-6-7-10-13-14;/h2-13,15H2,1H3;1H3. The van der Waals surface area contributed by atoms with Crippen molar-refractivity contribution >= 4 is 0 Å². The topological polar surface area (TPSA) is 61.0 Å². The summed E-state index contributed by atoms with van der Waals surface area (Å²) < 4.78 is 0. The Morgan fingerprint density at radius 3 is 2.00 bits per heavy atom. The lowest BCUT2D eigenvalue weighted by atomic mass is 9.86. The van der Waals surface area contributed by atoms with Crippen molar-refractivity contribution in [2.45, 2.75) is 89.5 Å². The second-order valence-electron chi connectivity index (χ2n) is 5.44. The molecule has 0 amide bonds. The Morgan fingerprint density at radius 2 is 1.44 bits per heavy atom. The highest BCUT2D eigenvalue weighted by atomic mass is 14.7. The van der Waals surface area contributed by atoms with Crippen molar-refractivity contribution in [1.29, 1.82) is 0 Å². The maximum Gasteiger partial charge on any atom is 0.0154 e. The summed E-state index contributed by atoms with van der Waals surface area (Å²) in [5, 5.41) is 0. The zero-order valence-electron chi connectivity index (χ0n) is 11.3. The van der Waals surface area contributed by atoms with Crippen molar-refractivity contribution in [2.75, 3.05) is 0 Å². The van der Waals surface area contributed by atoms with Crippen LogP contribution in [-0.4, -0.2) is 5.54 Å². The van der Waals surface area contributed by atoms with Gasteiger partial charge in [-0.2, -0.15) is 0 Å². The molecule has 5 N–H and O–H groups in total. The van der Waals surface area contributed by atoms with Gasteiger partial charge < -0.3 is 11.9 Å². The molecule has 16 heavy (non-hydrogen) atoms. The molecule has 0 aliphatic heterocycles. The Balaban J connectivity index is 0.00000225. The Kier molecular flexibility index (Phi) is 8.96. The monoisotopic (exact) mass is 228 g/mol. The van der Waals surface area contributed by atoms with Crippen LogP contribution in [0.4, 0.5) is 0 Å². The van der Waals surface area contributed by atoms with Crippen LogP contribution in [0.25, 0.3) is 0 Å². The first-order valence-corrected chi connectivity index (χ1v) is 7.06. The van der Waals surface area contributed by atoms with Gasteiger partial charge in [0.15, 0.2) is 0 Å². The van der Waals surface area contributed by atoms with E-state index in [-0.39, 0.29) is 11.7 Å². The van der Waals surface area contributed by atoms with Crippen LogP contribution in [0.3, 0.4) is 0 Å². The predicted octanol–water partition coefficient (Wildman–Crippen LogP) is 4.56. The summed E-state index contributed by atoms with van der Waals surface area (Å²) in [6.07, 6.45) is 16.3. The molecular formula is C14H32N2. The molecule has 2 heteroatoms. The third-order valence-electron chi connectivity index (χ3n) is 3.88. The first kappa shape index (κ1) is 15.9. The molecular weight excluding hydrogens is 196 g/mol. The summed E-state index contributed by atoms with van der Waals surface area (Å²) in [4.78, 5) is 0. The second-order valence-corrected chi connectivity index (χ2v) is 5.44. The smallest absolute Gasteiger partial charge is 0.0154 e. The SMILES string of the molecule is CCCCCCCC1(N)CCCCCC1.N. The van der Waals surface area contributed by atoms with Crippen LogP contribution >= 0.6 is 0 Å². The Hall–Kier alpha value is -0.0800. The molecule has 1 saturated carbocycles. The Labute approximate surface area is 102 Å². The average molecular weight is 228 g/mol. The van der Waals surface area contributed by atoms with E-state index < -0.39 is 0 Å². The summed E-state index contributed by atoms with van der Waals surface area (Å²) >= 11 is 0. The van der Waals surface area contributed by atoms with E-state index in [1.165, 1.54) is 77.0 Å². The number of unbranched alkanes of at least 4 members (excludes halogenated alkanes) is 4. The number of hydrogen-bond donors (Lipinski definition) is 2. The first-order valence-electron chi connectivity index (χ1n) is 7.06. The van der Waals surface area contributed by atoms with E-state index in [9.17, 15) is 0 Å². The maximum absolute atomic E-state index is 6.47. The molecule has 1 fully saturated rings. The quantitative estimate of drug-likeness (QED) is 0.517. The molecule has 0 aromatic heterocycles. The van der Waals surface area contributed by atoms with E-state index in [4.69, 9.17) is 5.73 Å². The molecule has 2 nitrogen and oxygen atoms in total. The number of rotatable bonds is 6. The van der Waals surface area contributed by atoms with Gasteiger partial charge in [0.1, 0.15) is 0 Å². The molecule has 0 atom stereocenters. The lowest BCUT2D eigenvalue weighted by molar-refractivity contribution is 0.331. The van der Waals surface area contributed by atoms with Crippen molar-refractivity contribution in [3.05, 3.63) is 0 Å². The second kappa shape index (κ2) is 9.00. The van der Waals surface area contributed by atoms with Crippen LogP contribution in [0, 0.1) is 0 Å². The van der Waals surface area contributed by atoms with Crippen molar-refractivity contribution < 1.29 is 0 Å². The normalized spacial score (nSPS) is 19.9. The van der Waals surface area contributed by atoms with Gasteiger partial charge in [-0.3, -0.25) is 0 Å². The van der Waals surface area contributed by atoms with Crippen LogP contribution in [0.2, 0.25) is 0 Å². The van der Waals surface area contributed by atoms with E-state index >= 15 is 0 Å². The summed E-state index contributed by atoms with van der Waals surface area (Å²) in [6, 6.07) is 0. The van der Waals surface area contributed by atoms with E-state index in [1.54, 1.807) is 0 Å². The summed E-state index contributed by atoms with van der Waals surface area (Å²) in [6.45, 7) is 2.27. The molecule has 0 spiro atoms. The average Bonchev–Trinajstić information content (AvgIpc) is 2.43. The lowest BCUT2D eigenvalue weighted by Gasteiger charge is -2.28. The number of nitrogens with two attached hydrogens (primary N) is 1. The molecule has 98 valence electrons. The van der Waals surface area contributed by atoms with Gasteiger partial charge in [0, 0.05) is 5.54 Å². The highest BCUT2D eigenvalue weighted by Crippen LogP contribution is 2.29. The number of hydrogen-bond acceptors (Lipinski definition) is 2. The maximum atomic E-state index is 6.47. The zero-order valence-corrected chi connectivity index (χ0v) is 11.3. The molecule has 0 radical (unpaired) electrons. The fraction of sp³-hybridized carbons (Fsp3) is 1.00. The Morgan fingerprint density at radius 1 is 0.875 bits per heavy atom. The summed E-state index contributed by atoms with van der Waals surface area (Å²) in [7, 11) is 0. The molecule has 0 unspecified atom stereocenters. The summed E-state index contributed by atoms with van der Waals surface area (Å²) in [5.41, 5.74) is 6.68. The van der Waals surface area contributed by atoms with E-state index in [1.807, 2.05) is 0 Å². The van der Waals surface area contributed by atoms with E-state index in [0.717, 1.165) is 0 Å². The highest BCUT2D eigenvalue weighted by Gasteiger charge is 2.24. The molecule has 1 aliphatic carbocycles. The van der Waals surface area contributed by atoms with Crippen molar-refractivity contribution in [2.24, 2.45) is 5.73 Å². The Bertz CT molecular complexity index is 149. The van der Waals surface area contributed by atoms with Gasteiger partial charge in [0.25, 0.3) is 0 Å². The van der Waals surface area contributed by atoms with Crippen LogP contribution in [0.5, 0.6) is 0 Å². The van der Waals surface area contributed by atoms with Crippen LogP contribution in [0.1, 0.15) is 84.0 Å². The van der Waals surface area contributed by atoms with Crippen molar-refractivity contribution in [3.63, 3.8) is 0 Å². The largest absolute Gasteiger partial charge is 0.344 e. The lowest BCUT2D eigenvalue weighted by Crippen LogP contribution is -2.38. The van der Waals surface area contributed by atoms with Gasteiger partial charge in [-0.1, -0.05) is 64.7 Å². The van der Waals surface area contributed by atoms with Gasteiger partial charge in [-0.25, -0.2) is 0 Å². The highest BCUT2D eigenvalue weighted by molar-refractivity contribution is 4.85. The predicted molar refractivity (Wildman–Crippen MR) is 73.0 cm³/mol. The van der Waals surface area contributed by atoms with Gasteiger partial charge in [-0.05, 0) is 19.3 Å². The fourth-order valence-electron chi connectivity index (χ4n) is 2.76. The van der Waals surface area contributed by atoms with E-state index in [2.05, 4.69) is 6.92 Å². The van der Waals surface area contributed by atoms with Gasteiger partial charge in [0.2, 0.25) is 0 Å². The molecule has 0 aromatic rings. The van der Waals surface area contributed by atoms with Crippen molar-refractivity contribution in [1.82, 2.24) is 6.15 Å².